The number of hydrogen-bond acceptors (Lipinski definition) is 5. The van der Waals surface area contributed by atoms with Crippen molar-refractivity contribution in [2.75, 3.05) is 11.9 Å². The highest BCUT2D eigenvalue weighted by atomic mass is 32.2. The topological polar surface area (TPSA) is 98.7 Å². The van der Waals surface area contributed by atoms with Crippen molar-refractivity contribution < 1.29 is 19.5 Å². The molecular formula is C32H35N3O4S. The Kier molecular flexibility index (Phi) is 7.09. The van der Waals surface area contributed by atoms with Crippen molar-refractivity contribution in [1.29, 1.82) is 0 Å². The molecule has 6 rings (SSSR count). The van der Waals surface area contributed by atoms with Gasteiger partial charge in [-0.15, -0.1) is 11.8 Å². The van der Waals surface area contributed by atoms with Crippen LogP contribution in [0.3, 0.4) is 0 Å². The van der Waals surface area contributed by atoms with Gasteiger partial charge in [0, 0.05) is 17.5 Å². The molecule has 3 aliphatic rings. The lowest BCUT2D eigenvalue weighted by Crippen LogP contribution is -2.56. The first-order valence-corrected chi connectivity index (χ1v) is 14.9. The smallest absolute Gasteiger partial charge is 0.248 e. The van der Waals surface area contributed by atoms with Crippen molar-refractivity contribution in [1.82, 2.24) is 10.2 Å². The predicted molar refractivity (Wildman–Crippen MR) is 158 cm³/mol. The molecule has 7 nitrogen and oxygen atoms in total. The second kappa shape index (κ2) is 10.6. The van der Waals surface area contributed by atoms with E-state index in [1.54, 1.807) is 16.7 Å². The van der Waals surface area contributed by atoms with Gasteiger partial charge in [0.2, 0.25) is 17.7 Å². The first kappa shape index (κ1) is 26.8. The van der Waals surface area contributed by atoms with Crippen LogP contribution in [0.4, 0.5) is 5.69 Å². The number of amides is 3. The van der Waals surface area contributed by atoms with Gasteiger partial charge in [-0.3, -0.25) is 14.4 Å². The molecule has 3 heterocycles. The van der Waals surface area contributed by atoms with Gasteiger partial charge in [0.05, 0.1) is 29.2 Å². The number of carbonyl (C=O) groups excluding carboxylic acids is 3. The number of carbonyl (C=O) groups is 3. The van der Waals surface area contributed by atoms with Crippen LogP contribution in [0.5, 0.6) is 0 Å². The summed E-state index contributed by atoms with van der Waals surface area (Å²) < 4.78 is -0.709. The zero-order valence-corrected chi connectivity index (χ0v) is 23.6. The summed E-state index contributed by atoms with van der Waals surface area (Å²) >= 11 is 1.64. The molecule has 3 aromatic carbocycles. The summed E-state index contributed by atoms with van der Waals surface area (Å²) in [6.07, 6.45) is 1.46. The Morgan fingerprint density at radius 2 is 1.75 bits per heavy atom. The van der Waals surface area contributed by atoms with E-state index in [0.717, 1.165) is 22.8 Å². The fourth-order valence-corrected chi connectivity index (χ4v) is 9.25. The number of nitrogens with one attached hydrogen (secondary N) is 2. The molecule has 0 aromatic heterocycles. The average Bonchev–Trinajstić information content (AvgIpc) is 3.60. The van der Waals surface area contributed by atoms with Crippen LogP contribution in [0.15, 0.2) is 72.8 Å². The summed E-state index contributed by atoms with van der Waals surface area (Å²) in [7, 11) is 0. The molecule has 3 aromatic rings. The van der Waals surface area contributed by atoms with Crippen molar-refractivity contribution in [2.45, 2.75) is 55.3 Å². The number of nitrogens with zero attached hydrogens (tertiary/aromatic N) is 1. The molecule has 3 amide bonds. The van der Waals surface area contributed by atoms with E-state index in [4.69, 9.17) is 0 Å². The molecule has 1 spiro atoms. The third-order valence-electron chi connectivity index (χ3n) is 8.93. The van der Waals surface area contributed by atoms with E-state index in [9.17, 15) is 19.5 Å². The Bertz CT molecular complexity index is 1450. The quantitative estimate of drug-likeness (QED) is 0.386. The Hall–Kier alpha value is -3.36. The maximum atomic E-state index is 14.2. The van der Waals surface area contributed by atoms with Crippen LogP contribution in [-0.4, -0.2) is 56.4 Å². The molecule has 3 fully saturated rings. The monoisotopic (exact) mass is 557 g/mol. The van der Waals surface area contributed by atoms with Gasteiger partial charge in [-0.05, 0) is 47.2 Å². The lowest BCUT2D eigenvalue weighted by atomic mass is 9.70. The molecule has 2 unspecified atom stereocenters. The molecular weight excluding hydrogens is 522 g/mol. The van der Waals surface area contributed by atoms with Crippen molar-refractivity contribution in [2.24, 2.45) is 17.8 Å². The molecule has 6 atom stereocenters. The first-order chi connectivity index (χ1) is 19.3. The van der Waals surface area contributed by atoms with Crippen molar-refractivity contribution >= 4 is 45.9 Å². The number of aliphatic hydroxyl groups excluding tert-OH is 1. The second-order valence-electron chi connectivity index (χ2n) is 11.5. The van der Waals surface area contributed by atoms with Gasteiger partial charge in [0.15, 0.2) is 0 Å². The molecule has 3 N–H and O–H groups in total. The lowest BCUT2D eigenvalue weighted by Gasteiger charge is -2.38. The summed E-state index contributed by atoms with van der Waals surface area (Å²) in [6.45, 7) is 4.05. The Morgan fingerprint density at radius 3 is 2.48 bits per heavy atom. The average molecular weight is 558 g/mol. The predicted octanol–water partition coefficient (Wildman–Crippen LogP) is 4.20. The zero-order valence-electron chi connectivity index (χ0n) is 22.7. The van der Waals surface area contributed by atoms with Crippen LogP contribution in [-0.2, 0) is 20.9 Å². The number of thioether (sulfide) groups is 1. The van der Waals surface area contributed by atoms with Crippen LogP contribution < -0.4 is 10.6 Å². The van der Waals surface area contributed by atoms with Crippen LogP contribution in [0.1, 0.15) is 32.3 Å². The summed E-state index contributed by atoms with van der Waals surface area (Å²) in [4.78, 5) is 43.7. The van der Waals surface area contributed by atoms with Gasteiger partial charge in [-0.1, -0.05) is 74.5 Å². The molecule has 8 heteroatoms. The van der Waals surface area contributed by atoms with Crippen molar-refractivity contribution in [3.8, 4) is 0 Å². The number of anilines is 1. The third-order valence-corrected chi connectivity index (χ3v) is 10.9. The van der Waals surface area contributed by atoms with E-state index in [1.165, 1.54) is 0 Å². The summed E-state index contributed by atoms with van der Waals surface area (Å²) in [5.41, 5.74) is 1.66. The van der Waals surface area contributed by atoms with E-state index < -0.39 is 28.7 Å². The Balaban J connectivity index is 1.32. The third kappa shape index (κ3) is 4.38. The van der Waals surface area contributed by atoms with Gasteiger partial charge in [0.25, 0.3) is 0 Å². The molecule has 40 heavy (non-hydrogen) atoms. The van der Waals surface area contributed by atoms with E-state index in [0.29, 0.717) is 18.7 Å². The Morgan fingerprint density at radius 1 is 1.02 bits per heavy atom. The Labute approximate surface area is 238 Å². The number of fused-ring (bicyclic) bond motifs is 2. The highest BCUT2D eigenvalue weighted by Crippen LogP contribution is 2.66. The number of likely N-dealkylation sites (tertiary alicyclic amines) is 1. The first-order valence-electron chi connectivity index (χ1n) is 14.1. The van der Waals surface area contributed by atoms with Gasteiger partial charge in [0.1, 0.15) is 6.04 Å². The fraction of sp³-hybridized carbons (Fsp3) is 0.406. The SMILES string of the molecule is CC(C)[C@H](CO)N1C(=O)[C@@H]2[C@H](C(=O)NCc3ccccc3)[C@@H]3CCC2(S3)C1C(=O)Nc1ccc2ccccc2c1. The van der Waals surface area contributed by atoms with Crippen LogP contribution >= 0.6 is 11.8 Å². The van der Waals surface area contributed by atoms with Crippen LogP contribution in [0.25, 0.3) is 10.8 Å². The van der Waals surface area contributed by atoms with Crippen molar-refractivity contribution in [3.05, 3.63) is 78.4 Å². The lowest BCUT2D eigenvalue weighted by molar-refractivity contribution is -0.143. The highest BCUT2D eigenvalue weighted by Gasteiger charge is 2.74. The number of hydrogen-bond donors (Lipinski definition) is 3. The second-order valence-corrected chi connectivity index (χ2v) is 13.2. The molecule has 2 bridgehead atoms. The summed E-state index contributed by atoms with van der Waals surface area (Å²) in [6, 6.07) is 22.2. The summed E-state index contributed by atoms with van der Waals surface area (Å²) in [5, 5.41) is 18.6. The molecule has 0 radical (unpaired) electrons. The minimum Gasteiger partial charge on any atom is -0.394 e. The molecule has 3 aliphatic heterocycles. The van der Waals surface area contributed by atoms with Crippen LogP contribution in [0.2, 0.25) is 0 Å². The normalized spacial score (nSPS) is 27.7. The number of benzene rings is 3. The summed E-state index contributed by atoms with van der Waals surface area (Å²) in [5.74, 6) is -1.77. The van der Waals surface area contributed by atoms with E-state index in [1.807, 2.05) is 86.6 Å². The maximum absolute atomic E-state index is 14.2. The number of rotatable bonds is 8. The highest BCUT2D eigenvalue weighted by molar-refractivity contribution is 8.02. The standard InChI is InChI=1S/C32H35N3O4S/c1-19(2)24(18-36)35-28(30(38)34-23-13-12-21-10-6-7-11-22(21)16-23)32-15-14-25(40-32)26(27(32)31(35)39)29(37)33-17-20-8-4-3-5-9-20/h3-13,16,19,24-28,36H,14-15,17-18H2,1-2H3,(H,33,37)(H,34,38)/t24-,25-,26+,27-,28?,32?/m0/s1. The fourth-order valence-electron chi connectivity index (χ4n) is 7.05. The molecule has 208 valence electrons. The molecule has 0 saturated carbocycles. The molecule has 3 saturated heterocycles. The van der Waals surface area contributed by atoms with E-state index >= 15 is 0 Å². The number of aliphatic hydroxyl groups is 1. The zero-order chi connectivity index (χ0) is 28.0. The van der Waals surface area contributed by atoms with Gasteiger partial charge >= 0.3 is 0 Å². The van der Waals surface area contributed by atoms with Gasteiger partial charge in [-0.25, -0.2) is 0 Å². The van der Waals surface area contributed by atoms with Gasteiger partial charge < -0.3 is 20.6 Å². The minimum absolute atomic E-state index is 0.0190. The minimum atomic E-state index is -0.780. The van der Waals surface area contributed by atoms with E-state index in [-0.39, 0.29) is 35.5 Å². The van der Waals surface area contributed by atoms with Crippen LogP contribution in [0, 0.1) is 17.8 Å². The van der Waals surface area contributed by atoms with E-state index in [2.05, 4.69) is 10.6 Å². The molecule has 0 aliphatic carbocycles. The largest absolute Gasteiger partial charge is 0.394 e. The van der Waals surface area contributed by atoms with Gasteiger partial charge in [-0.2, -0.15) is 0 Å². The van der Waals surface area contributed by atoms with Crippen molar-refractivity contribution in [3.63, 3.8) is 0 Å². The maximum Gasteiger partial charge on any atom is 0.248 e.